The zero-order valence-electron chi connectivity index (χ0n) is 8.64. The van der Waals surface area contributed by atoms with Crippen LogP contribution in [0.4, 0.5) is 4.79 Å². The van der Waals surface area contributed by atoms with Gasteiger partial charge in [-0.05, 0) is 0 Å². The SMILES string of the molecule is COC(=O)n1[nH]c(=O)cc1-c1ccccc1. The average molecular weight is 218 g/mol. The van der Waals surface area contributed by atoms with Crippen LogP contribution in [0.3, 0.4) is 0 Å². The number of nitrogens with zero attached hydrogens (tertiary/aromatic N) is 1. The Kier molecular flexibility index (Phi) is 2.59. The molecular weight excluding hydrogens is 208 g/mol. The molecule has 1 aromatic carbocycles. The molecule has 1 N–H and O–H groups in total. The molecule has 1 aromatic heterocycles. The molecule has 0 bridgehead atoms. The van der Waals surface area contributed by atoms with Crippen molar-refractivity contribution in [3.05, 3.63) is 46.8 Å². The second kappa shape index (κ2) is 4.06. The number of ether oxygens (including phenoxy) is 1. The summed E-state index contributed by atoms with van der Waals surface area (Å²) < 4.78 is 5.65. The van der Waals surface area contributed by atoms with Gasteiger partial charge in [0.15, 0.2) is 0 Å². The maximum Gasteiger partial charge on any atom is 0.433 e. The first-order valence-corrected chi connectivity index (χ1v) is 4.68. The van der Waals surface area contributed by atoms with Gasteiger partial charge in [-0.3, -0.25) is 9.89 Å². The van der Waals surface area contributed by atoms with E-state index < -0.39 is 6.09 Å². The molecule has 0 atom stereocenters. The summed E-state index contributed by atoms with van der Waals surface area (Å²) in [7, 11) is 1.26. The van der Waals surface area contributed by atoms with Crippen LogP contribution in [0.5, 0.6) is 0 Å². The average Bonchev–Trinajstić information content (AvgIpc) is 2.71. The van der Waals surface area contributed by atoms with Crippen molar-refractivity contribution < 1.29 is 9.53 Å². The molecule has 2 aromatic rings. The zero-order chi connectivity index (χ0) is 11.5. The molecule has 0 aliphatic carbocycles. The number of rotatable bonds is 1. The summed E-state index contributed by atoms with van der Waals surface area (Å²) in [5, 5.41) is 2.38. The molecular formula is C11H10N2O3. The summed E-state index contributed by atoms with van der Waals surface area (Å²) in [6, 6.07) is 10.5. The number of carbonyl (C=O) groups excluding carboxylic acids is 1. The number of aromatic nitrogens is 2. The number of nitrogens with one attached hydrogen (secondary N) is 1. The van der Waals surface area contributed by atoms with Crippen LogP contribution in [-0.4, -0.2) is 23.0 Å². The highest BCUT2D eigenvalue weighted by Crippen LogP contribution is 2.16. The van der Waals surface area contributed by atoms with Gasteiger partial charge in [-0.15, -0.1) is 0 Å². The Labute approximate surface area is 91.3 Å². The van der Waals surface area contributed by atoms with E-state index in [0.717, 1.165) is 10.2 Å². The number of benzene rings is 1. The van der Waals surface area contributed by atoms with E-state index in [4.69, 9.17) is 0 Å². The quantitative estimate of drug-likeness (QED) is 0.788. The Morgan fingerprint density at radius 3 is 2.62 bits per heavy atom. The first-order chi connectivity index (χ1) is 7.72. The minimum atomic E-state index is -0.624. The summed E-state index contributed by atoms with van der Waals surface area (Å²) in [5.74, 6) is 0. The van der Waals surface area contributed by atoms with Crippen LogP contribution in [-0.2, 0) is 4.74 Å². The molecule has 82 valence electrons. The molecule has 5 nitrogen and oxygen atoms in total. The van der Waals surface area contributed by atoms with Crippen molar-refractivity contribution in [2.45, 2.75) is 0 Å². The third-order valence-electron chi connectivity index (χ3n) is 2.16. The molecule has 5 heteroatoms. The predicted octanol–water partition coefficient (Wildman–Crippen LogP) is 1.46. The van der Waals surface area contributed by atoms with Gasteiger partial charge in [-0.1, -0.05) is 30.3 Å². The molecule has 0 unspecified atom stereocenters. The highest BCUT2D eigenvalue weighted by atomic mass is 16.5. The zero-order valence-corrected chi connectivity index (χ0v) is 8.64. The highest BCUT2D eigenvalue weighted by Gasteiger charge is 2.12. The number of hydrogen-bond donors (Lipinski definition) is 1. The third-order valence-corrected chi connectivity index (χ3v) is 2.16. The maximum atomic E-state index is 11.4. The van der Waals surface area contributed by atoms with Crippen LogP contribution < -0.4 is 5.56 Å². The van der Waals surface area contributed by atoms with Crippen LogP contribution in [0.15, 0.2) is 41.2 Å². The number of methoxy groups -OCH3 is 1. The summed E-state index contributed by atoms with van der Waals surface area (Å²) in [4.78, 5) is 22.6. The lowest BCUT2D eigenvalue weighted by Crippen LogP contribution is -2.16. The van der Waals surface area contributed by atoms with E-state index in [9.17, 15) is 9.59 Å². The lowest BCUT2D eigenvalue weighted by molar-refractivity contribution is 0.169. The van der Waals surface area contributed by atoms with E-state index in [1.54, 1.807) is 0 Å². The normalized spacial score (nSPS) is 10.1. The van der Waals surface area contributed by atoms with Gasteiger partial charge in [-0.25, -0.2) is 4.79 Å². The van der Waals surface area contributed by atoms with Gasteiger partial charge in [-0.2, -0.15) is 4.68 Å². The van der Waals surface area contributed by atoms with Crippen LogP contribution in [0.25, 0.3) is 11.3 Å². The van der Waals surface area contributed by atoms with Crippen molar-refractivity contribution in [2.75, 3.05) is 7.11 Å². The second-order valence-corrected chi connectivity index (χ2v) is 3.18. The van der Waals surface area contributed by atoms with Crippen molar-refractivity contribution in [3.8, 4) is 11.3 Å². The van der Waals surface area contributed by atoms with Gasteiger partial charge in [0.25, 0.3) is 5.56 Å². The second-order valence-electron chi connectivity index (χ2n) is 3.18. The topological polar surface area (TPSA) is 64.1 Å². The lowest BCUT2D eigenvalue weighted by atomic mass is 10.1. The number of aromatic amines is 1. The summed E-state index contributed by atoms with van der Waals surface area (Å²) >= 11 is 0. The van der Waals surface area contributed by atoms with E-state index in [-0.39, 0.29) is 5.56 Å². The van der Waals surface area contributed by atoms with E-state index in [1.807, 2.05) is 30.3 Å². The molecule has 0 amide bonds. The molecule has 0 saturated carbocycles. The Balaban J connectivity index is 2.57. The van der Waals surface area contributed by atoms with E-state index in [1.165, 1.54) is 13.2 Å². The van der Waals surface area contributed by atoms with Gasteiger partial charge in [0, 0.05) is 11.6 Å². The van der Waals surface area contributed by atoms with Gasteiger partial charge in [0.2, 0.25) is 0 Å². The largest absolute Gasteiger partial charge is 0.451 e. The molecule has 0 saturated heterocycles. The number of hydrogen-bond acceptors (Lipinski definition) is 3. The number of H-pyrrole nitrogens is 1. The Morgan fingerprint density at radius 2 is 2.00 bits per heavy atom. The van der Waals surface area contributed by atoms with Crippen LogP contribution >= 0.6 is 0 Å². The Bertz CT molecular complexity index is 554. The molecule has 0 radical (unpaired) electrons. The molecule has 16 heavy (non-hydrogen) atoms. The van der Waals surface area contributed by atoms with Crippen LogP contribution in [0, 0.1) is 0 Å². The first-order valence-electron chi connectivity index (χ1n) is 4.68. The molecule has 1 heterocycles. The minimum Gasteiger partial charge on any atom is -0.451 e. The van der Waals surface area contributed by atoms with Gasteiger partial charge >= 0.3 is 6.09 Å². The predicted molar refractivity (Wildman–Crippen MR) is 58.3 cm³/mol. The van der Waals surface area contributed by atoms with Gasteiger partial charge in [0.05, 0.1) is 12.8 Å². The molecule has 0 spiro atoms. The molecule has 0 fully saturated rings. The first kappa shape index (κ1) is 10.2. The Hall–Kier alpha value is -2.30. The standard InChI is InChI=1S/C11H10N2O3/c1-16-11(15)13-9(7-10(14)12-13)8-5-3-2-4-6-8/h2-7H,1H3,(H,12,14). The summed E-state index contributed by atoms with van der Waals surface area (Å²) in [6.45, 7) is 0. The lowest BCUT2D eigenvalue weighted by Gasteiger charge is -2.04. The van der Waals surface area contributed by atoms with Crippen LogP contribution in [0.1, 0.15) is 0 Å². The smallest absolute Gasteiger partial charge is 0.433 e. The molecule has 0 aliphatic heterocycles. The maximum absolute atomic E-state index is 11.4. The van der Waals surface area contributed by atoms with Crippen molar-refractivity contribution in [2.24, 2.45) is 0 Å². The Morgan fingerprint density at radius 1 is 1.31 bits per heavy atom. The minimum absolute atomic E-state index is 0.343. The molecule has 2 rings (SSSR count). The fourth-order valence-electron chi connectivity index (χ4n) is 1.45. The summed E-state index contributed by atoms with van der Waals surface area (Å²) in [6.07, 6.45) is -0.624. The van der Waals surface area contributed by atoms with E-state index in [0.29, 0.717) is 5.69 Å². The summed E-state index contributed by atoms with van der Waals surface area (Å²) in [5.41, 5.74) is 0.910. The van der Waals surface area contributed by atoms with Gasteiger partial charge in [0.1, 0.15) is 0 Å². The van der Waals surface area contributed by atoms with Crippen molar-refractivity contribution in [1.29, 1.82) is 0 Å². The van der Waals surface area contributed by atoms with E-state index in [2.05, 4.69) is 9.84 Å². The van der Waals surface area contributed by atoms with E-state index >= 15 is 0 Å². The van der Waals surface area contributed by atoms with Crippen LogP contribution in [0.2, 0.25) is 0 Å². The van der Waals surface area contributed by atoms with Gasteiger partial charge < -0.3 is 4.74 Å². The fourth-order valence-corrected chi connectivity index (χ4v) is 1.45. The highest BCUT2D eigenvalue weighted by molar-refractivity contribution is 5.76. The van der Waals surface area contributed by atoms with Crippen molar-refractivity contribution in [3.63, 3.8) is 0 Å². The van der Waals surface area contributed by atoms with Crippen molar-refractivity contribution in [1.82, 2.24) is 9.78 Å². The number of carbonyl (C=O) groups is 1. The molecule has 0 aliphatic rings. The van der Waals surface area contributed by atoms with Crippen molar-refractivity contribution >= 4 is 6.09 Å². The third kappa shape index (κ3) is 1.75. The fraction of sp³-hybridized carbons (Fsp3) is 0.0909. The monoisotopic (exact) mass is 218 g/mol.